The third kappa shape index (κ3) is 8.62. The highest BCUT2D eigenvalue weighted by Gasteiger charge is 2.36. The highest BCUT2D eigenvalue weighted by Crippen LogP contribution is 2.39. The number of benzene rings is 2. The van der Waals surface area contributed by atoms with Crippen LogP contribution in [0.1, 0.15) is 90.3 Å². The van der Waals surface area contributed by atoms with Crippen molar-refractivity contribution in [3.05, 3.63) is 79.5 Å². The van der Waals surface area contributed by atoms with Crippen molar-refractivity contribution in [1.29, 1.82) is 0 Å². The van der Waals surface area contributed by atoms with Gasteiger partial charge in [0.15, 0.2) is 22.9 Å². The average Bonchev–Trinajstić information content (AvgIpc) is 3.48. The van der Waals surface area contributed by atoms with Crippen molar-refractivity contribution in [2.75, 3.05) is 0 Å². The number of ether oxygens (including phenoxy) is 2. The lowest BCUT2D eigenvalue weighted by molar-refractivity contribution is -0.0684. The molecule has 4 rings (SSSR count). The first-order chi connectivity index (χ1) is 20.4. The van der Waals surface area contributed by atoms with Crippen LogP contribution in [0.25, 0.3) is 0 Å². The largest absolute Gasteiger partial charge is 0.510 e. The molecule has 2 aromatic heterocycles. The minimum atomic E-state index is -1.14. The molecule has 0 aliphatic carbocycles. The molecule has 0 fully saturated rings. The zero-order chi connectivity index (χ0) is 32.6. The fourth-order valence-electron chi connectivity index (χ4n) is 4.18. The van der Waals surface area contributed by atoms with Crippen LogP contribution in [0.15, 0.2) is 56.2 Å². The van der Waals surface area contributed by atoms with Gasteiger partial charge in [0.1, 0.15) is 10.1 Å². The first-order valence-electron chi connectivity index (χ1n) is 13.8. The molecule has 0 saturated heterocycles. The van der Waals surface area contributed by atoms with Crippen LogP contribution in [-0.4, -0.2) is 26.1 Å². The fourth-order valence-corrected chi connectivity index (χ4v) is 7.75. The number of aromatic amines is 2. The maximum atomic E-state index is 13.2. The van der Waals surface area contributed by atoms with Gasteiger partial charge in [0.05, 0.1) is 11.4 Å². The van der Waals surface area contributed by atoms with Gasteiger partial charge in [-0.2, -0.15) is 0 Å². The summed E-state index contributed by atoms with van der Waals surface area (Å²) in [4.78, 5) is 31.2. The summed E-state index contributed by atoms with van der Waals surface area (Å²) in [5, 5.41) is 3.61. The van der Waals surface area contributed by atoms with Gasteiger partial charge in [0.25, 0.3) is 0 Å². The van der Waals surface area contributed by atoms with E-state index in [0.717, 1.165) is 31.2 Å². The van der Waals surface area contributed by atoms with Crippen molar-refractivity contribution >= 4 is 76.1 Å². The number of nitrogens with one attached hydrogen (secondary N) is 2. The molecule has 0 aliphatic rings. The van der Waals surface area contributed by atoms with E-state index < -0.39 is 17.4 Å². The molecule has 2 aromatic carbocycles. The summed E-state index contributed by atoms with van der Waals surface area (Å²) in [6.45, 7) is 15.2. The van der Waals surface area contributed by atoms with Gasteiger partial charge in [0.2, 0.25) is 0 Å². The number of imidazole rings is 2. The number of aromatic nitrogens is 4. The smallest absolute Gasteiger partial charge is 0.420 e. The second-order valence-electron chi connectivity index (χ2n) is 11.8. The Labute approximate surface area is 286 Å². The van der Waals surface area contributed by atoms with Gasteiger partial charge >= 0.3 is 6.16 Å². The van der Waals surface area contributed by atoms with E-state index in [-0.39, 0.29) is 11.8 Å². The van der Waals surface area contributed by atoms with Crippen molar-refractivity contribution in [1.82, 2.24) is 19.9 Å². The molecule has 2 heterocycles. The molecule has 2 N–H and O–H groups in total. The van der Waals surface area contributed by atoms with Crippen molar-refractivity contribution < 1.29 is 14.3 Å². The monoisotopic (exact) mass is 714 g/mol. The molecule has 44 heavy (non-hydrogen) atoms. The quantitative estimate of drug-likeness (QED) is 0.158. The van der Waals surface area contributed by atoms with Gasteiger partial charge in [-0.3, -0.25) is 0 Å². The minimum absolute atomic E-state index is 0.124. The van der Waals surface area contributed by atoms with Gasteiger partial charge < -0.3 is 19.4 Å². The highest BCUT2D eigenvalue weighted by atomic mass is 35.5. The van der Waals surface area contributed by atoms with Crippen LogP contribution < -0.4 is 0 Å². The summed E-state index contributed by atoms with van der Waals surface area (Å²) in [5.41, 5.74) is -0.481. The Bertz CT molecular complexity index is 1510. The molecule has 0 aliphatic heterocycles. The third-order valence-electron chi connectivity index (χ3n) is 6.47. The normalized spacial score (nSPS) is 12.3. The lowest BCUT2D eigenvalue weighted by Gasteiger charge is -2.27. The Morgan fingerprint density at radius 2 is 0.977 bits per heavy atom. The Morgan fingerprint density at radius 1 is 0.659 bits per heavy atom. The van der Waals surface area contributed by atoms with Gasteiger partial charge in [0, 0.05) is 29.9 Å². The number of halogens is 4. The Hall–Kier alpha value is -2.01. The molecular weight excluding hydrogens is 682 g/mol. The molecule has 4 aromatic rings. The second kappa shape index (κ2) is 13.8. The Morgan fingerprint density at radius 3 is 1.27 bits per heavy atom. The van der Waals surface area contributed by atoms with Crippen molar-refractivity contribution in [3.8, 4) is 0 Å². The van der Waals surface area contributed by atoms with Crippen LogP contribution in [0, 0.1) is 0 Å². The summed E-state index contributed by atoms with van der Waals surface area (Å²) < 4.78 is 11.7. The van der Waals surface area contributed by atoms with E-state index in [1.807, 2.05) is 24.3 Å². The highest BCUT2D eigenvalue weighted by molar-refractivity contribution is 7.99. The number of carbonyl (C=O) groups is 1. The molecule has 13 heteroatoms. The molecule has 0 atom stereocenters. The number of H-pyrrole nitrogens is 2. The maximum Gasteiger partial charge on any atom is 0.510 e. The summed E-state index contributed by atoms with van der Waals surface area (Å²) in [6.07, 6.45) is -0.864. The molecule has 0 unspecified atom stereocenters. The molecule has 0 saturated carbocycles. The van der Waals surface area contributed by atoms with Gasteiger partial charge in [-0.15, -0.1) is 0 Å². The molecule has 0 spiro atoms. The lowest BCUT2D eigenvalue weighted by atomic mass is 10.1. The summed E-state index contributed by atoms with van der Waals surface area (Å²) in [7, 11) is 0. The second-order valence-corrected chi connectivity index (χ2v) is 15.7. The van der Waals surface area contributed by atoms with Crippen LogP contribution >= 0.6 is 69.9 Å². The first kappa shape index (κ1) is 34.9. The van der Waals surface area contributed by atoms with Crippen LogP contribution in [0.5, 0.6) is 0 Å². The van der Waals surface area contributed by atoms with E-state index >= 15 is 0 Å². The van der Waals surface area contributed by atoms with E-state index in [4.69, 9.17) is 65.8 Å². The fraction of sp³-hybridized carbons (Fsp3) is 0.387. The number of nitrogens with zero attached hydrogens (tertiary/aromatic N) is 2. The van der Waals surface area contributed by atoms with E-state index in [9.17, 15) is 4.79 Å². The van der Waals surface area contributed by atoms with Gasteiger partial charge in [-0.05, 0) is 75.9 Å². The predicted molar refractivity (Wildman–Crippen MR) is 180 cm³/mol. The van der Waals surface area contributed by atoms with Crippen molar-refractivity contribution in [2.24, 2.45) is 0 Å². The van der Waals surface area contributed by atoms with Gasteiger partial charge in [-0.1, -0.05) is 97.6 Å². The van der Waals surface area contributed by atoms with Crippen LogP contribution in [0.4, 0.5) is 4.79 Å². The van der Waals surface area contributed by atoms with Crippen molar-refractivity contribution in [3.63, 3.8) is 0 Å². The number of rotatable bonds is 10. The van der Waals surface area contributed by atoms with Gasteiger partial charge in [-0.25, -0.2) is 14.8 Å². The lowest BCUT2D eigenvalue weighted by Crippen LogP contribution is -2.33. The average molecular weight is 717 g/mol. The maximum absolute atomic E-state index is 13.2. The summed E-state index contributed by atoms with van der Waals surface area (Å²) >= 11 is 27.7. The molecule has 0 bridgehead atoms. The zero-order valence-corrected chi connectivity index (χ0v) is 30.2. The summed E-state index contributed by atoms with van der Waals surface area (Å²) in [6, 6.07) is 10.7. The van der Waals surface area contributed by atoms with Crippen molar-refractivity contribution in [2.45, 2.75) is 98.3 Å². The van der Waals surface area contributed by atoms with E-state index in [0.29, 0.717) is 31.7 Å². The molecule has 7 nitrogen and oxygen atoms in total. The predicted octanol–water partition coefficient (Wildman–Crippen LogP) is 11.6. The molecule has 0 radical (unpaired) electrons. The standard InChI is InChI=1S/C31H34Cl4N4O3S2/c1-15(2)23-25(43-21-11-17(32)9-18(33)12-21)38-27(36-23)30(5,6)41-29(40)42-31(7,8)28-37-24(16(3)4)26(39-28)44-22-13-19(34)10-20(35)14-22/h9-16H,1-8H3,(H,36,38)(H,37,39). The number of hydrogen-bond donors (Lipinski definition) is 2. The van der Waals surface area contributed by atoms with Crippen LogP contribution in [-0.2, 0) is 20.7 Å². The zero-order valence-electron chi connectivity index (χ0n) is 25.6. The Kier molecular flexibility index (Phi) is 10.9. The first-order valence-corrected chi connectivity index (χ1v) is 17.0. The molecule has 0 amide bonds. The molecule has 236 valence electrons. The topological polar surface area (TPSA) is 92.9 Å². The van der Waals surface area contributed by atoms with E-state index in [1.165, 1.54) is 23.5 Å². The van der Waals surface area contributed by atoms with E-state index in [2.05, 4.69) is 37.7 Å². The SMILES string of the molecule is CC(C)c1[nH]c(C(C)(C)OC(=O)OC(C)(C)c2nc(Sc3cc(Cl)cc(Cl)c3)c(C(C)C)[nH]2)nc1Sc1cc(Cl)cc(Cl)c1. The Balaban J connectivity index is 1.53. The van der Waals surface area contributed by atoms with Crippen LogP contribution in [0.3, 0.4) is 0 Å². The minimum Gasteiger partial charge on any atom is -0.420 e. The molecular formula is C31H34Cl4N4O3S2. The number of carbonyl (C=O) groups excluding carboxylic acids is 1. The van der Waals surface area contributed by atoms with E-state index in [1.54, 1.807) is 39.8 Å². The number of hydrogen-bond acceptors (Lipinski definition) is 7. The summed E-state index contributed by atoms with van der Waals surface area (Å²) in [5.74, 6) is 1.20. The van der Waals surface area contributed by atoms with Crippen LogP contribution in [0.2, 0.25) is 20.1 Å². The third-order valence-corrected chi connectivity index (χ3v) is 9.29.